The fourth-order valence-electron chi connectivity index (χ4n) is 1.45. The van der Waals surface area contributed by atoms with Gasteiger partial charge in [0.25, 0.3) is 5.91 Å². The fraction of sp³-hybridized carbons (Fsp3) is 0.333. The van der Waals surface area contributed by atoms with Gasteiger partial charge in [0.1, 0.15) is 11.6 Å². The lowest BCUT2D eigenvalue weighted by atomic mass is 10.1. The van der Waals surface area contributed by atoms with Crippen LogP contribution in [0.2, 0.25) is 5.02 Å². The Labute approximate surface area is 109 Å². The molecule has 18 heavy (non-hydrogen) atoms. The summed E-state index contributed by atoms with van der Waals surface area (Å²) in [6.07, 6.45) is 0.136. The number of hydrogen-bond acceptors (Lipinski definition) is 2. The predicted octanol–water partition coefficient (Wildman–Crippen LogP) is 2.99. The minimum Gasteiger partial charge on any atom is -0.338 e. The Hall–Kier alpha value is -1.67. The zero-order chi connectivity index (χ0) is 13.7. The highest BCUT2D eigenvalue weighted by Gasteiger charge is 2.20. The van der Waals surface area contributed by atoms with Crippen LogP contribution in [0.25, 0.3) is 0 Å². The van der Waals surface area contributed by atoms with E-state index >= 15 is 0 Å². The lowest BCUT2D eigenvalue weighted by Crippen LogP contribution is -2.32. The van der Waals surface area contributed by atoms with Gasteiger partial charge < -0.3 is 4.90 Å². The molecule has 1 aromatic carbocycles. The minimum absolute atomic E-state index is 0.136. The Morgan fingerprint density at radius 3 is 2.67 bits per heavy atom. The lowest BCUT2D eigenvalue weighted by molar-refractivity contribution is 0.0762. The molecule has 0 radical (unpaired) electrons. The van der Waals surface area contributed by atoms with Crippen LogP contribution in [0.5, 0.6) is 0 Å². The monoisotopic (exact) mass is 272 g/mol. The normalized spacial score (nSPS) is 9.94. The number of amides is 1. The lowest BCUT2D eigenvalue weighted by Gasteiger charge is -2.19. The van der Waals surface area contributed by atoms with Gasteiger partial charge in [0, 0.05) is 13.1 Å². The van der Waals surface area contributed by atoms with Gasteiger partial charge in [-0.25, -0.2) is 8.78 Å². The Morgan fingerprint density at radius 2 is 2.11 bits per heavy atom. The summed E-state index contributed by atoms with van der Waals surface area (Å²) in [7, 11) is 0. The van der Waals surface area contributed by atoms with Crippen LogP contribution in [0.1, 0.15) is 23.7 Å². The topological polar surface area (TPSA) is 44.1 Å². The van der Waals surface area contributed by atoms with E-state index in [0.717, 1.165) is 12.1 Å². The summed E-state index contributed by atoms with van der Waals surface area (Å²) < 4.78 is 26.8. The van der Waals surface area contributed by atoms with E-state index in [0.29, 0.717) is 6.54 Å². The molecular formula is C12H11ClF2N2O. The van der Waals surface area contributed by atoms with Gasteiger partial charge in [0.05, 0.1) is 23.1 Å². The number of halogens is 3. The zero-order valence-electron chi connectivity index (χ0n) is 9.71. The van der Waals surface area contributed by atoms with Crippen molar-refractivity contribution in [2.45, 2.75) is 13.3 Å². The van der Waals surface area contributed by atoms with Crippen molar-refractivity contribution in [3.05, 3.63) is 34.4 Å². The molecule has 0 saturated carbocycles. The molecule has 0 atom stereocenters. The third-order valence-electron chi connectivity index (χ3n) is 2.40. The molecule has 0 aliphatic heterocycles. The van der Waals surface area contributed by atoms with Crippen molar-refractivity contribution in [1.29, 1.82) is 5.26 Å². The second kappa shape index (κ2) is 6.31. The maximum Gasteiger partial charge on any atom is 0.256 e. The Morgan fingerprint density at radius 1 is 1.44 bits per heavy atom. The molecule has 6 heteroatoms. The first-order valence-corrected chi connectivity index (χ1v) is 5.69. The van der Waals surface area contributed by atoms with Crippen LogP contribution in [-0.4, -0.2) is 23.9 Å². The van der Waals surface area contributed by atoms with Gasteiger partial charge in [-0.05, 0) is 19.1 Å². The van der Waals surface area contributed by atoms with Gasteiger partial charge in [-0.2, -0.15) is 5.26 Å². The predicted molar refractivity (Wildman–Crippen MR) is 63.2 cm³/mol. The van der Waals surface area contributed by atoms with Gasteiger partial charge in [0.2, 0.25) is 0 Å². The quantitative estimate of drug-likeness (QED) is 0.791. The highest BCUT2D eigenvalue weighted by molar-refractivity contribution is 6.30. The average molecular weight is 273 g/mol. The SMILES string of the molecule is CCN(CCC#N)C(=O)c1cc(F)c(Cl)cc1F. The van der Waals surface area contributed by atoms with Crippen molar-refractivity contribution in [3.8, 4) is 6.07 Å². The van der Waals surface area contributed by atoms with E-state index in [9.17, 15) is 13.6 Å². The largest absolute Gasteiger partial charge is 0.338 e. The average Bonchev–Trinajstić information content (AvgIpc) is 2.34. The van der Waals surface area contributed by atoms with Crippen LogP contribution >= 0.6 is 11.6 Å². The Balaban J connectivity index is 3.02. The van der Waals surface area contributed by atoms with Gasteiger partial charge >= 0.3 is 0 Å². The third-order valence-corrected chi connectivity index (χ3v) is 2.69. The Kier molecular flexibility index (Phi) is 5.05. The standard InChI is InChI=1S/C12H11ClF2N2O/c1-2-17(5-3-4-16)12(18)8-6-11(15)9(13)7-10(8)14/h6-7H,2-3,5H2,1H3. The summed E-state index contributed by atoms with van der Waals surface area (Å²) >= 11 is 5.40. The van der Waals surface area contributed by atoms with Crippen LogP contribution in [0.3, 0.4) is 0 Å². The summed E-state index contributed by atoms with van der Waals surface area (Å²) in [5.41, 5.74) is -0.378. The van der Waals surface area contributed by atoms with Crippen molar-refractivity contribution in [3.63, 3.8) is 0 Å². The number of carbonyl (C=O) groups excluding carboxylic acids is 1. The van der Waals surface area contributed by atoms with Crippen LogP contribution in [0.15, 0.2) is 12.1 Å². The number of benzene rings is 1. The zero-order valence-corrected chi connectivity index (χ0v) is 10.5. The van der Waals surface area contributed by atoms with Crippen LogP contribution in [-0.2, 0) is 0 Å². The molecule has 1 aromatic rings. The van der Waals surface area contributed by atoms with E-state index in [1.54, 1.807) is 6.92 Å². The molecule has 0 aliphatic carbocycles. The molecule has 0 fully saturated rings. The minimum atomic E-state index is -0.873. The highest BCUT2D eigenvalue weighted by atomic mass is 35.5. The highest BCUT2D eigenvalue weighted by Crippen LogP contribution is 2.20. The molecule has 0 bridgehead atoms. The van der Waals surface area contributed by atoms with E-state index in [-0.39, 0.29) is 23.6 Å². The van der Waals surface area contributed by atoms with Crippen molar-refractivity contribution in [2.75, 3.05) is 13.1 Å². The maximum atomic E-state index is 13.5. The summed E-state index contributed by atoms with van der Waals surface area (Å²) in [6, 6.07) is 3.43. The van der Waals surface area contributed by atoms with E-state index in [1.807, 2.05) is 6.07 Å². The molecule has 96 valence electrons. The fourth-order valence-corrected chi connectivity index (χ4v) is 1.60. The molecule has 0 N–H and O–H groups in total. The first kappa shape index (κ1) is 14.4. The van der Waals surface area contributed by atoms with Crippen LogP contribution < -0.4 is 0 Å². The van der Waals surface area contributed by atoms with Gasteiger partial charge in [0.15, 0.2) is 0 Å². The number of carbonyl (C=O) groups is 1. The molecule has 1 amide bonds. The van der Waals surface area contributed by atoms with Crippen molar-refractivity contribution < 1.29 is 13.6 Å². The number of hydrogen-bond donors (Lipinski definition) is 0. The first-order valence-electron chi connectivity index (χ1n) is 5.32. The third kappa shape index (κ3) is 3.17. The number of nitriles is 1. The molecule has 3 nitrogen and oxygen atoms in total. The van der Waals surface area contributed by atoms with Crippen molar-refractivity contribution in [1.82, 2.24) is 4.90 Å². The summed E-state index contributed by atoms with van der Waals surface area (Å²) in [5.74, 6) is -2.37. The first-order chi connectivity index (χ1) is 8.51. The maximum absolute atomic E-state index is 13.5. The molecule has 0 heterocycles. The van der Waals surface area contributed by atoms with Crippen molar-refractivity contribution >= 4 is 17.5 Å². The summed E-state index contributed by atoms with van der Waals surface area (Å²) in [6.45, 7) is 2.18. The second-order valence-corrected chi connectivity index (χ2v) is 3.95. The van der Waals surface area contributed by atoms with Gasteiger partial charge in [-0.3, -0.25) is 4.79 Å². The van der Waals surface area contributed by atoms with Crippen molar-refractivity contribution in [2.24, 2.45) is 0 Å². The number of nitrogens with zero attached hydrogens (tertiary/aromatic N) is 2. The molecule has 0 aromatic heterocycles. The van der Waals surface area contributed by atoms with Gasteiger partial charge in [-0.1, -0.05) is 11.6 Å². The number of rotatable bonds is 4. The van der Waals surface area contributed by atoms with Crippen LogP contribution in [0, 0.1) is 23.0 Å². The molecule has 1 rings (SSSR count). The molecule has 0 spiro atoms. The molecule has 0 saturated heterocycles. The summed E-state index contributed by atoms with van der Waals surface area (Å²) in [5, 5.41) is 8.09. The van der Waals surface area contributed by atoms with Crippen LogP contribution in [0.4, 0.5) is 8.78 Å². The smallest absolute Gasteiger partial charge is 0.256 e. The summed E-state index contributed by atoms with van der Waals surface area (Å²) in [4.78, 5) is 13.2. The van der Waals surface area contributed by atoms with E-state index < -0.39 is 17.5 Å². The second-order valence-electron chi connectivity index (χ2n) is 3.54. The van der Waals surface area contributed by atoms with E-state index in [1.165, 1.54) is 4.90 Å². The van der Waals surface area contributed by atoms with E-state index in [4.69, 9.17) is 16.9 Å². The molecular weight excluding hydrogens is 262 g/mol. The van der Waals surface area contributed by atoms with Gasteiger partial charge in [-0.15, -0.1) is 0 Å². The Bertz CT molecular complexity index is 500. The molecule has 0 unspecified atom stereocenters. The van der Waals surface area contributed by atoms with E-state index in [2.05, 4.69) is 0 Å². The molecule has 0 aliphatic rings.